The number of rotatable bonds is 15. The number of nitrogens with one attached hydrogen (secondary N) is 3. The van der Waals surface area contributed by atoms with Crippen molar-refractivity contribution in [3.8, 4) is 11.5 Å². The van der Waals surface area contributed by atoms with Crippen molar-refractivity contribution < 1.29 is 23.9 Å². The van der Waals surface area contributed by atoms with E-state index < -0.39 is 17.1 Å². The molecule has 0 aliphatic heterocycles. The standard InChI is InChI=1S/C41H39N3O5S/c1-3-4-26-49-34-24-22-32(23-25-34)42-41(47)38(29-14-7-5-8-15-29)50-35-20-13-19-33(28-35)43-40(46)36(27-31-18-11-12-21-37(31)48-2)44-39(45)30-16-9-6-10-17-30/h5-25,27-28,38H,3-4,26H2,1-2H3,(H,42,47)(H,43,46)(H,44,45)/b36-27+. The van der Waals surface area contributed by atoms with Gasteiger partial charge in [0.25, 0.3) is 11.8 Å². The molecule has 1 unspecified atom stereocenters. The van der Waals surface area contributed by atoms with Crippen LogP contribution in [0.3, 0.4) is 0 Å². The highest BCUT2D eigenvalue weighted by Gasteiger charge is 2.23. The van der Waals surface area contributed by atoms with Crippen LogP contribution in [0.4, 0.5) is 11.4 Å². The quantitative estimate of drug-likeness (QED) is 0.0578. The monoisotopic (exact) mass is 685 g/mol. The van der Waals surface area contributed by atoms with E-state index in [0.29, 0.717) is 34.9 Å². The van der Waals surface area contributed by atoms with E-state index in [2.05, 4.69) is 22.9 Å². The van der Waals surface area contributed by atoms with E-state index in [4.69, 9.17) is 9.47 Å². The minimum atomic E-state index is -0.589. The van der Waals surface area contributed by atoms with Crippen molar-refractivity contribution in [3.63, 3.8) is 0 Å². The Balaban J connectivity index is 1.35. The Labute approximate surface area is 296 Å². The Bertz CT molecular complexity index is 1910. The molecule has 8 nitrogen and oxygen atoms in total. The maximum absolute atomic E-state index is 13.7. The van der Waals surface area contributed by atoms with Crippen molar-refractivity contribution in [2.75, 3.05) is 24.4 Å². The van der Waals surface area contributed by atoms with Gasteiger partial charge in [-0.15, -0.1) is 11.8 Å². The SMILES string of the molecule is CCCCOc1ccc(NC(=O)C(Sc2cccc(NC(=O)/C(=C\c3ccccc3OC)NC(=O)c3ccccc3)c2)c2ccccc2)cc1. The summed E-state index contributed by atoms with van der Waals surface area (Å²) >= 11 is 1.36. The zero-order valence-electron chi connectivity index (χ0n) is 27.9. The van der Waals surface area contributed by atoms with Crippen LogP contribution >= 0.6 is 11.8 Å². The van der Waals surface area contributed by atoms with E-state index in [-0.39, 0.29) is 11.6 Å². The summed E-state index contributed by atoms with van der Waals surface area (Å²) in [6, 6.07) is 40.0. The molecule has 5 aromatic rings. The van der Waals surface area contributed by atoms with Crippen LogP contribution in [0.1, 0.15) is 46.5 Å². The fourth-order valence-corrected chi connectivity index (χ4v) is 6.03. The molecule has 1 atom stereocenters. The first-order valence-electron chi connectivity index (χ1n) is 16.3. The normalized spacial score (nSPS) is 11.6. The van der Waals surface area contributed by atoms with Crippen LogP contribution in [0.25, 0.3) is 6.08 Å². The molecule has 0 fully saturated rings. The van der Waals surface area contributed by atoms with E-state index in [0.717, 1.165) is 29.1 Å². The Morgan fingerprint density at radius 2 is 1.46 bits per heavy atom. The number of para-hydroxylation sites is 1. The van der Waals surface area contributed by atoms with Gasteiger partial charge in [0.15, 0.2) is 0 Å². The largest absolute Gasteiger partial charge is 0.496 e. The molecule has 0 aliphatic carbocycles. The van der Waals surface area contributed by atoms with Crippen molar-refractivity contribution in [2.45, 2.75) is 29.9 Å². The lowest BCUT2D eigenvalue weighted by Crippen LogP contribution is -2.30. The van der Waals surface area contributed by atoms with E-state index in [1.54, 1.807) is 67.8 Å². The molecule has 0 bridgehead atoms. The van der Waals surface area contributed by atoms with Crippen LogP contribution in [0.2, 0.25) is 0 Å². The maximum atomic E-state index is 13.7. The molecule has 3 N–H and O–H groups in total. The molecule has 0 spiro atoms. The lowest BCUT2D eigenvalue weighted by molar-refractivity contribution is -0.116. The van der Waals surface area contributed by atoms with Crippen molar-refractivity contribution in [2.24, 2.45) is 0 Å². The number of hydrogen-bond donors (Lipinski definition) is 3. The van der Waals surface area contributed by atoms with Crippen LogP contribution in [0, 0.1) is 0 Å². The summed E-state index contributed by atoms with van der Waals surface area (Å²) in [5, 5.41) is 8.13. The second-order valence-corrected chi connectivity index (χ2v) is 12.4. The fraction of sp³-hybridized carbons (Fsp3) is 0.146. The van der Waals surface area contributed by atoms with Crippen molar-refractivity contribution in [1.82, 2.24) is 5.32 Å². The van der Waals surface area contributed by atoms with Gasteiger partial charge in [0.05, 0.1) is 13.7 Å². The first-order valence-corrected chi connectivity index (χ1v) is 17.2. The highest BCUT2D eigenvalue weighted by molar-refractivity contribution is 8.00. The molecule has 0 saturated carbocycles. The molecule has 254 valence electrons. The Morgan fingerprint density at radius 1 is 0.760 bits per heavy atom. The van der Waals surface area contributed by atoms with Crippen molar-refractivity contribution >= 4 is 46.9 Å². The second kappa shape index (κ2) is 18.1. The molecule has 0 radical (unpaired) electrons. The molecule has 9 heteroatoms. The van der Waals surface area contributed by atoms with Crippen LogP contribution in [0.5, 0.6) is 11.5 Å². The lowest BCUT2D eigenvalue weighted by Gasteiger charge is -2.18. The molecule has 0 heterocycles. The van der Waals surface area contributed by atoms with Crippen LogP contribution in [-0.4, -0.2) is 31.4 Å². The van der Waals surface area contributed by atoms with E-state index in [1.807, 2.05) is 78.9 Å². The number of anilines is 2. The number of hydrogen-bond acceptors (Lipinski definition) is 6. The van der Waals surface area contributed by atoms with Gasteiger partial charge in [0, 0.05) is 27.4 Å². The molecule has 5 aromatic carbocycles. The maximum Gasteiger partial charge on any atom is 0.272 e. The number of unbranched alkanes of at least 4 members (excludes halogenated alkanes) is 1. The predicted molar refractivity (Wildman–Crippen MR) is 200 cm³/mol. The van der Waals surface area contributed by atoms with Gasteiger partial charge in [0.2, 0.25) is 5.91 Å². The molecule has 3 amide bonds. The van der Waals surface area contributed by atoms with Gasteiger partial charge in [-0.05, 0) is 78.7 Å². The van der Waals surface area contributed by atoms with E-state index in [1.165, 1.54) is 11.8 Å². The predicted octanol–water partition coefficient (Wildman–Crippen LogP) is 8.76. The summed E-state index contributed by atoms with van der Waals surface area (Å²) in [5.74, 6) is 0.154. The van der Waals surface area contributed by atoms with Crippen LogP contribution < -0.4 is 25.4 Å². The summed E-state index contributed by atoms with van der Waals surface area (Å²) in [5.41, 5.74) is 3.04. The topological polar surface area (TPSA) is 106 Å². The molecule has 0 aliphatic rings. The van der Waals surface area contributed by atoms with Gasteiger partial charge >= 0.3 is 0 Å². The molecule has 0 saturated heterocycles. The van der Waals surface area contributed by atoms with Crippen LogP contribution in [-0.2, 0) is 9.59 Å². The third-order valence-corrected chi connectivity index (χ3v) is 8.79. The Morgan fingerprint density at radius 3 is 2.18 bits per heavy atom. The second-order valence-electron chi connectivity index (χ2n) is 11.2. The average molecular weight is 686 g/mol. The summed E-state index contributed by atoms with van der Waals surface area (Å²) < 4.78 is 11.2. The zero-order chi connectivity index (χ0) is 35.1. The zero-order valence-corrected chi connectivity index (χ0v) is 28.7. The summed E-state index contributed by atoms with van der Waals surface area (Å²) in [6.45, 7) is 2.76. The van der Waals surface area contributed by atoms with E-state index >= 15 is 0 Å². The molecule has 50 heavy (non-hydrogen) atoms. The third kappa shape index (κ3) is 10.1. The number of methoxy groups -OCH3 is 1. The minimum Gasteiger partial charge on any atom is -0.496 e. The van der Waals surface area contributed by atoms with Crippen LogP contribution in [0.15, 0.2) is 144 Å². The Hall–Kier alpha value is -5.80. The first-order chi connectivity index (χ1) is 24.4. The van der Waals surface area contributed by atoms with Gasteiger partial charge < -0.3 is 25.4 Å². The molecular weight excluding hydrogens is 647 g/mol. The summed E-state index contributed by atoms with van der Waals surface area (Å²) in [4.78, 5) is 41.3. The average Bonchev–Trinajstić information content (AvgIpc) is 3.15. The van der Waals surface area contributed by atoms with Crippen molar-refractivity contribution in [1.29, 1.82) is 0 Å². The third-order valence-electron chi connectivity index (χ3n) is 7.54. The number of benzene rings is 5. The minimum absolute atomic E-state index is 0.0322. The number of thioether (sulfide) groups is 1. The fourth-order valence-electron chi connectivity index (χ4n) is 4.94. The molecule has 0 aromatic heterocycles. The lowest BCUT2D eigenvalue weighted by atomic mass is 10.1. The highest BCUT2D eigenvalue weighted by Crippen LogP contribution is 2.37. The Kier molecular flexibility index (Phi) is 12.9. The number of carbonyl (C=O) groups is 3. The highest BCUT2D eigenvalue weighted by atomic mass is 32.2. The smallest absolute Gasteiger partial charge is 0.272 e. The number of carbonyl (C=O) groups excluding carboxylic acids is 3. The summed E-state index contributed by atoms with van der Waals surface area (Å²) in [6.07, 6.45) is 3.61. The van der Waals surface area contributed by atoms with Crippen molar-refractivity contribution in [3.05, 3.63) is 156 Å². The summed E-state index contributed by atoms with van der Waals surface area (Å²) in [7, 11) is 1.54. The molecular formula is C41H39N3O5S. The van der Waals surface area contributed by atoms with E-state index in [9.17, 15) is 14.4 Å². The number of ether oxygens (including phenoxy) is 2. The first kappa shape index (κ1) is 35.5. The number of amides is 3. The van der Waals surface area contributed by atoms with Gasteiger partial charge in [0.1, 0.15) is 22.4 Å². The van der Waals surface area contributed by atoms with Gasteiger partial charge in [-0.1, -0.05) is 86.1 Å². The van der Waals surface area contributed by atoms with Gasteiger partial charge in [-0.2, -0.15) is 0 Å². The molecule has 5 rings (SSSR count). The van der Waals surface area contributed by atoms with Gasteiger partial charge in [-0.25, -0.2) is 0 Å². The van der Waals surface area contributed by atoms with Gasteiger partial charge in [-0.3, -0.25) is 14.4 Å².